The molecule has 0 aliphatic heterocycles. The van der Waals surface area contributed by atoms with Crippen molar-refractivity contribution in [3.05, 3.63) is 83.9 Å². The van der Waals surface area contributed by atoms with E-state index in [2.05, 4.69) is 46.4 Å². The Hall–Kier alpha value is -3.33. The molecule has 1 aromatic heterocycles. The van der Waals surface area contributed by atoms with E-state index in [-0.39, 0.29) is 0 Å². The normalized spacial score (nSPS) is 11.2. The lowest BCUT2D eigenvalue weighted by Gasteiger charge is -2.01. The predicted octanol–water partition coefficient (Wildman–Crippen LogP) is 5.41. The molecule has 0 fully saturated rings. The lowest BCUT2D eigenvalue weighted by atomic mass is 10.1. The molecule has 1 N–H and O–H groups in total. The first-order valence-corrected chi connectivity index (χ1v) is 8.19. The molecule has 0 radical (unpaired) electrons. The topological polar surface area (TPSA) is 37.9 Å². The summed E-state index contributed by atoms with van der Waals surface area (Å²) < 4.78 is 5.19. The fraction of sp³-hybridized carbons (Fsp3) is 0.0455. The van der Waals surface area contributed by atoms with Gasteiger partial charge in [-0.15, -0.1) is 0 Å². The number of benzene rings is 3. The quantitative estimate of drug-likeness (QED) is 0.509. The summed E-state index contributed by atoms with van der Waals surface area (Å²) in [5.41, 5.74) is 5.38. The monoisotopic (exact) mass is 326 g/mol. The first kappa shape index (κ1) is 15.2. The Labute approximate surface area is 146 Å². The van der Waals surface area contributed by atoms with Crippen LogP contribution in [0.3, 0.4) is 0 Å². The maximum atomic E-state index is 5.19. The number of aromatic amines is 1. The molecule has 0 amide bonds. The number of ether oxygens (including phenoxy) is 1. The second-order valence-electron chi connectivity index (χ2n) is 5.83. The Morgan fingerprint density at radius 1 is 0.840 bits per heavy atom. The van der Waals surface area contributed by atoms with Gasteiger partial charge in [-0.3, -0.25) is 0 Å². The Balaban J connectivity index is 1.61. The number of aromatic nitrogens is 2. The standard InChI is InChI=1S/C22H18N2O/c1-25-19-13-11-16(12-14-19)9-10-17-5-4-6-18(15-17)22-23-20-7-2-3-8-21(20)24-22/h2-15H,1H3,(H,23,24)/b10-9+. The van der Waals surface area contributed by atoms with Crippen LogP contribution in [-0.4, -0.2) is 17.1 Å². The van der Waals surface area contributed by atoms with Gasteiger partial charge < -0.3 is 9.72 Å². The van der Waals surface area contributed by atoms with Gasteiger partial charge in [-0.2, -0.15) is 0 Å². The summed E-state index contributed by atoms with van der Waals surface area (Å²) in [7, 11) is 1.68. The number of hydrogen-bond donors (Lipinski definition) is 1. The number of hydrogen-bond acceptors (Lipinski definition) is 2. The van der Waals surface area contributed by atoms with Crippen molar-refractivity contribution in [2.45, 2.75) is 0 Å². The highest BCUT2D eigenvalue weighted by Gasteiger charge is 2.04. The smallest absolute Gasteiger partial charge is 0.138 e. The Bertz CT molecular complexity index is 996. The number of fused-ring (bicyclic) bond motifs is 1. The van der Waals surface area contributed by atoms with Gasteiger partial charge in [0.2, 0.25) is 0 Å². The van der Waals surface area contributed by atoms with Gasteiger partial charge in [-0.25, -0.2) is 4.98 Å². The lowest BCUT2D eigenvalue weighted by molar-refractivity contribution is 0.415. The van der Waals surface area contributed by atoms with Crippen LogP contribution in [0.15, 0.2) is 72.8 Å². The minimum absolute atomic E-state index is 0.865. The van der Waals surface area contributed by atoms with E-state index >= 15 is 0 Å². The fourth-order valence-corrected chi connectivity index (χ4v) is 2.79. The zero-order valence-electron chi connectivity index (χ0n) is 13.9. The molecule has 4 aromatic rings. The molecular weight excluding hydrogens is 308 g/mol. The summed E-state index contributed by atoms with van der Waals surface area (Å²) >= 11 is 0. The summed E-state index contributed by atoms with van der Waals surface area (Å²) in [6.45, 7) is 0. The first-order valence-electron chi connectivity index (χ1n) is 8.19. The van der Waals surface area contributed by atoms with Crippen molar-refractivity contribution in [3.8, 4) is 17.1 Å². The van der Waals surface area contributed by atoms with Crippen LogP contribution in [0, 0.1) is 0 Å². The van der Waals surface area contributed by atoms with Gasteiger partial charge in [0.05, 0.1) is 18.1 Å². The summed E-state index contributed by atoms with van der Waals surface area (Å²) in [5, 5.41) is 0. The minimum Gasteiger partial charge on any atom is -0.497 e. The molecule has 0 aliphatic carbocycles. The Kier molecular flexibility index (Phi) is 4.05. The average molecular weight is 326 g/mol. The van der Waals surface area contributed by atoms with E-state index in [9.17, 15) is 0 Å². The summed E-state index contributed by atoms with van der Waals surface area (Å²) in [6.07, 6.45) is 4.20. The molecule has 0 saturated carbocycles. The number of nitrogens with one attached hydrogen (secondary N) is 1. The van der Waals surface area contributed by atoms with Crippen molar-refractivity contribution in [1.82, 2.24) is 9.97 Å². The van der Waals surface area contributed by atoms with Crippen LogP contribution in [0.25, 0.3) is 34.6 Å². The minimum atomic E-state index is 0.865. The van der Waals surface area contributed by atoms with Crippen LogP contribution < -0.4 is 4.74 Å². The highest BCUT2D eigenvalue weighted by Crippen LogP contribution is 2.22. The molecule has 0 bridgehead atoms. The van der Waals surface area contributed by atoms with Crippen LogP contribution in [-0.2, 0) is 0 Å². The van der Waals surface area contributed by atoms with Crippen molar-refractivity contribution < 1.29 is 4.74 Å². The number of imidazole rings is 1. The van der Waals surface area contributed by atoms with E-state index in [0.717, 1.165) is 39.3 Å². The fourth-order valence-electron chi connectivity index (χ4n) is 2.79. The van der Waals surface area contributed by atoms with E-state index in [1.54, 1.807) is 7.11 Å². The maximum absolute atomic E-state index is 5.19. The van der Waals surface area contributed by atoms with E-state index in [1.807, 2.05) is 48.5 Å². The molecule has 3 heteroatoms. The Morgan fingerprint density at radius 3 is 2.44 bits per heavy atom. The SMILES string of the molecule is COc1ccc(/C=C/c2cccc(-c3nc4ccccc4[nH]3)c2)cc1. The number of H-pyrrole nitrogens is 1. The third kappa shape index (κ3) is 3.31. The largest absolute Gasteiger partial charge is 0.497 e. The molecule has 122 valence electrons. The molecule has 0 aliphatic rings. The van der Waals surface area contributed by atoms with Gasteiger partial charge in [0.25, 0.3) is 0 Å². The molecule has 1 heterocycles. The van der Waals surface area contributed by atoms with E-state index in [0.29, 0.717) is 0 Å². The van der Waals surface area contributed by atoms with Crippen molar-refractivity contribution in [2.24, 2.45) is 0 Å². The van der Waals surface area contributed by atoms with Crippen molar-refractivity contribution >= 4 is 23.2 Å². The third-order valence-electron chi connectivity index (χ3n) is 4.13. The Morgan fingerprint density at radius 2 is 1.64 bits per heavy atom. The van der Waals surface area contributed by atoms with Gasteiger partial charge in [-0.1, -0.05) is 54.6 Å². The van der Waals surface area contributed by atoms with E-state index in [4.69, 9.17) is 4.74 Å². The zero-order chi connectivity index (χ0) is 17.1. The van der Waals surface area contributed by atoms with Gasteiger partial charge >= 0.3 is 0 Å². The number of para-hydroxylation sites is 2. The van der Waals surface area contributed by atoms with Gasteiger partial charge in [0.15, 0.2) is 0 Å². The van der Waals surface area contributed by atoms with Gasteiger partial charge in [0, 0.05) is 5.56 Å². The van der Waals surface area contributed by atoms with Crippen LogP contribution in [0.2, 0.25) is 0 Å². The molecule has 0 saturated heterocycles. The average Bonchev–Trinajstić information content (AvgIpc) is 3.11. The number of rotatable bonds is 4. The van der Waals surface area contributed by atoms with E-state index in [1.165, 1.54) is 0 Å². The molecule has 0 unspecified atom stereocenters. The third-order valence-corrected chi connectivity index (χ3v) is 4.13. The molecule has 4 rings (SSSR count). The van der Waals surface area contributed by atoms with Gasteiger partial charge in [0.1, 0.15) is 11.6 Å². The lowest BCUT2D eigenvalue weighted by Crippen LogP contribution is -1.82. The summed E-state index contributed by atoms with van der Waals surface area (Å²) in [4.78, 5) is 8.04. The predicted molar refractivity (Wildman–Crippen MR) is 103 cm³/mol. The van der Waals surface area contributed by atoms with Crippen LogP contribution in [0.4, 0.5) is 0 Å². The number of nitrogens with zero attached hydrogens (tertiary/aromatic N) is 1. The van der Waals surface area contributed by atoms with Crippen molar-refractivity contribution in [3.63, 3.8) is 0 Å². The summed E-state index contributed by atoms with van der Waals surface area (Å²) in [5.74, 6) is 1.75. The van der Waals surface area contributed by atoms with Crippen LogP contribution in [0.1, 0.15) is 11.1 Å². The highest BCUT2D eigenvalue weighted by atomic mass is 16.5. The van der Waals surface area contributed by atoms with Gasteiger partial charge in [-0.05, 0) is 41.5 Å². The highest BCUT2D eigenvalue weighted by molar-refractivity contribution is 5.80. The van der Waals surface area contributed by atoms with Crippen LogP contribution in [0.5, 0.6) is 5.75 Å². The maximum Gasteiger partial charge on any atom is 0.138 e. The first-order chi connectivity index (χ1) is 12.3. The second kappa shape index (κ2) is 6.65. The molecule has 25 heavy (non-hydrogen) atoms. The molecule has 3 aromatic carbocycles. The molecule has 0 atom stereocenters. The summed E-state index contributed by atoms with van der Waals surface area (Å²) in [6, 6.07) is 24.4. The second-order valence-corrected chi connectivity index (χ2v) is 5.83. The van der Waals surface area contributed by atoms with Crippen LogP contribution >= 0.6 is 0 Å². The van der Waals surface area contributed by atoms with E-state index < -0.39 is 0 Å². The zero-order valence-corrected chi connectivity index (χ0v) is 13.9. The van der Waals surface area contributed by atoms with Crippen molar-refractivity contribution in [2.75, 3.05) is 7.11 Å². The number of methoxy groups -OCH3 is 1. The van der Waals surface area contributed by atoms with Crippen molar-refractivity contribution in [1.29, 1.82) is 0 Å². The molecular formula is C22H18N2O. The molecule has 0 spiro atoms. The molecule has 3 nitrogen and oxygen atoms in total.